The van der Waals surface area contributed by atoms with Gasteiger partial charge in [0.1, 0.15) is 0 Å². The lowest BCUT2D eigenvalue weighted by molar-refractivity contribution is -0.0182. The highest BCUT2D eigenvalue weighted by molar-refractivity contribution is 7.13. The lowest BCUT2D eigenvalue weighted by atomic mass is 10.2. The fourth-order valence-electron chi connectivity index (χ4n) is 2.28. The summed E-state index contributed by atoms with van der Waals surface area (Å²) in [5, 5.41) is 9.50. The number of rotatable bonds is 5. The summed E-state index contributed by atoms with van der Waals surface area (Å²) in [5.41, 5.74) is 0.928. The Bertz CT molecular complexity index is 526. The van der Waals surface area contributed by atoms with Gasteiger partial charge in [0.15, 0.2) is 5.76 Å². The van der Waals surface area contributed by atoms with Crippen LogP contribution in [0.2, 0.25) is 0 Å². The van der Waals surface area contributed by atoms with Gasteiger partial charge in [0, 0.05) is 32.2 Å². The van der Waals surface area contributed by atoms with Crippen LogP contribution in [0.5, 0.6) is 0 Å². The molecule has 2 aromatic heterocycles. The average molecular weight is 293 g/mol. The van der Waals surface area contributed by atoms with Gasteiger partial charge in [0.05, 0.1) is 23.3 Å². The van der Waals surface area contributed by atoms with E-state index in [2.05, 4.69) is 22.4 Å². The fraction of sp³-hybridized carbons (Fsp3) is 0.500. The predicted octanol–water partition coefficient (Wildman–Crippen LogP) is 1.82. The number of likely N-dealkylation sites (N-methyl/N-ethyl adjacent to an activating group) is 1. The maximum Gasteiger partial charge on any atom is 0.177 e. The van der Waals surface area contributed by atoms with E-state index in [-0.39, 0.29) is 6.10 Å². The Hall–Kier alpha value is -1.21. The Kier molecular flexibility index (Phi) is 4.47. The molecule has 1 aliphatic heterocycles. The summed E-state index contributed by atoms with van der Waals surface area (Å²) < 4.78 is 11.1. The lowest BCUT2D eigenvalue weighted by Gasteiger charge is -2.30. The molecule has 0 bridgehead atoms. The molecule has 0 aliphatic carbocycles. The van der Waals surface area contributed by atoms with Gasteiger partial charge in [-0.2, -0.15) is 0 Å². The van der Waals surface area contributed by atoms with Crippen molar-refractivity contribution >= 4 is 11.3 Å². The molecule has 1 atom stereocenters. The normalized spacial score (nSPS) is 20.4. The quantitative estimate of drug-likeness (QED) is 0.911. The van der Waals surface area contributed by atoms with E-state index in [1.165, 1.54) is 0 Å². The van der Waals surface area contributed by atoms with Crippen LogP contribution >= 0.6 is 11.3 Å². The predicted molar refractivity (Wildman–Crippen MR) is 78.8 cm³/mol. The molecule has 0 aromatic carbocycles. The molecular formula is C14H19N3O2S. The van der Waals surface area contributed by atoms with Crippen molar-refractivity contribution in [3.8, 4) is 10.6 Å². The highest BCUT2D eigenvalue weighted by Gasteiger charge is 2.17. The molecule has 1 saturated heterocycles. The minimum Gasteiger partial charge on any atom is -0.374 e. The van der Waals surface area contributed by atoms with Gasteiger partial charge in [-0.15, -0.1) is 11.3 Å². The molecule has 1 N–H and O–H groups in total. The Morgan fingerprint density at radius 1 is 1.55 bits per heavy atom. The van der Waals surface area contributed by atoms with Crippen molar-refractivity contribution in [2.75, 3.05) is 33.3 Å². The smallest absolute Gasteiger partial charge is 0.177 e. The summed E-state index contributed by atoms with van der Waals surface area (Å²) in [6.07, 6.45) is 0.261. The van der Waals surface area contributed by atoms with Crippen molar-refractivity contribution in [2.24, 2.45) is 0 Å². The molecule has 108 valence electrons. The van der Waals surface area contributed by atoms with Crippen LogP contribution in [-0.2, 0) is 11.3 Å². The van der Waals surface area contributed by atoms with E-state index >= 15 is 0 Å². The van der Waals surface area contributed by atoms with Crippen LogP contribution < -0.4 is 5.32 Å². The van der Waals surface area contributed by atoms with Crippen LogP contribution in [0.4, 0.5) is 0 Å². The molecule has 20 heavy (non-hydrogen) atoms. The molecule has 5 nitrogen and oxygen atoms in total. The molecule has 0 spiro atoms. The van der Waals surface area contributed by atoms with Crippen LogP contribution in [0.15, 0.2) is 28.1 Å². The summed E-state index contributed by atoms with van der Waals surface area (Å²) in [5.74, 6) is 0.838. The maximum absolute atomic E-state index is 5.70. The first kappa shape index (κ1) is 13.8. The molecule has 0 saturated carbocycles. The average Bonchev–Trinajstić information content (AvgIpc) is 3.09. The Morgan fingerprint density at radius 2 is 2.50 bits per heavy atom. The Labute approximate surface area is 122 Å². The summed E-state index contributed by atoms with van der Waals surface area (Å²) in [4.78, 5) is 3.40. The monoisotopic (exact) mass is 293 g/mol. The standard InChI is InChI=1S/C14H19N3O2S/c1-17-4-5-18-12(10-17)9-15-8-11-7-13(19-16-11)14-3-2-6-20-14/h2-3,6-7,12,15H,4-5,8-10H2,1H3. The van der Waals surface area contributed by atoms with Gasteiger partial charge < -0.3 is 19.5 Å². The van der Waals surface area contributed by atoms with Gasteiger partial charge >= 0.3 is 0 Å². The molecule has 0 amide bonds. The lowest BCUT2D eigenvalue weighted by Crippen LogP contribution is -2.44. The zero-order valence-corrected chi connectivity index (χ0v) is 12.4. The van der Waals surface area contributed by atoms with Crippen LogP contribution in [0, 0.1) is 0 Å². The second-order valence-electron chi connectivity index (χ2n) is 5.05. The first-order valence-corrected chi connectivity index (χ1v) is 7.69. The van der Waals surface area contributed by atoms with Gasteiger partial charge in [-0.1, -0.05) is 11.2 Å². The van der Waals surface area contributed by atoms with Gasteiger partial charge in [-0.25, -0.2) is 0 Å². The van der Waals surface area contributed by atoms with Crippen molar-refractivity contribution < 1.29 is 9.26 Å². The topological polar surface area (TPSA) is 50.5 Å². The third kappa shape index (κ3) is 3.46. The summed E-state index contributed by atoms with van der Waals surface area (Å²) >= 11 is 1.66. The van der Waals surface area contributed by atoms with E-state index < -0.39 is 0 Å². The number of thiophene rings is 1. The molecule has 1 fully saturated rings. The van der Waals surface area contributed by atoms with Gasteiger partial charge in [-0.05, 0) is 18.5 Å². The van der Waals surface area contributed by atoms with E-state index in [0.29, 0.717) is 6.54 Å². The van der Waals surface area contributed by atoms with Crippen molar-refractivity contribution in [1.82, 2.24) is 15.4 Å². The van der Waals surface area contributed by atoms with E-state index in [9.17, 15) is 0 Å². The van der Waals surface area contributed by atoms with Crippen molar-refractivity contribution in [3.05, 3.63) is 29.3 Å². The third-order valence-electron chi connectivity index (χ3n) is 3.34. The molecule has 6 heteroatoms. The van der Waals surface area contributed by atoms with Gasteiger partial charge in [0.2, 0.25) is 0 Å². The van der Waals surface area contributed by atoms with E-state index in [1.54, 1.807) is 11.3 Å². The number of hydrogen-bond donors (Lipinski definition) is 1. The Morgan fingerprint density at radius 3 is 3.30 bits per heavy atom. The maximum atomic E-state index is 5.70. The highest BCUT2D eigenvalue weighted by atomic mass is 32.1. The van der Waals surface area contributed by atoms with Crippen molar-refractivity contribution in [2.45, 2.75) is 12.6 Å². The zero-order valence-electron chi connectivity index (χ0n) is 11.5. The number of hydrogen-bond acceptors (Lipinski definition) is 6. The van der Waals surface area contributed by atoms with Crippen LogP contribution in [0.1, 0.15) is 5.69 Å². The number of ether oxygens (including phenoxy) is 1. The molecule has 3 rings (SSSR count). The van der Waals surface area contributed by atoms with E-state index in [0.717, 1.165) is 42.6 Å². The number of nitrogens with zero attached hydrogens (tertiary/aromatic N) is 2. The SMILES string of the molecule is CN1CCOC(CNCc2cc(-c3cccs3)on2)C1. The third-order valence-corrected chi connectivity index (χ3v) is 4.23. The minimum absolute atomic E-state index is 0.261. The first-order chi connectivity index (χ1) is 9.81. The highest BCUT2D eigenvalue weighted by Crippen LogP contribution is 2.24. The van der Waals surface area contributed by atoms with Crippen molar-refractivity contribution in [1.29, 1.82) is 0 Å². The van der Waals surface area contributed by atoms with E-state index in [4.69, 9.17) is 9.26 Å². The van der Waals surface area contributed by atoms with Crippen LogP contribution in [0.3, 0.4) is 0 Å². The minimum atomic E-state index is 0.261. The van der Waals surface area contributed by atoms with Gasteiger partial charge in [-0.3, -0.25) is 0 Å². The second-order valence-corrected chi connectivity index (χ2v) is 5.99. The fourth-order valence-corrected chi connectivity index (χ4v) is 2.95. The van der Waals surface area contributed by atoms with Crippen LogP contribution in [-0.4, -0.2) is 49.4 Å². The summed E-state index contributed by atoms with van der Waals surface area (Å²) in [7, 11) is 2.13. The number of morpholine rings is 1. The van der Waals surface area contributed by atoms with Crippen LogP contribution in [0.25, 0.3) is 10.6 Å². The van der Waals surface area contributed by atoms with Gasteiger partial charge in [0.25, 0.3) is 0 Å². The molecule has 0 radical (unpaired) electrons. The zero-order chi connectivity index (χ0) is 13.8. The molecule has 3 heterocycles. The van der Waals surface area contributed by atoms with E-state index in [1.807, 2.05) is 23.6 Å². The Balaban J connectivity index is 1.47. The summed E-state index contributed by atoms with van der Waals surface area (Å²) in [6, 6.07) is 6.04. The molecule has 1 unspecified atom stereocenters. The molecule has 2 aromatic rings. The largest absolute Gasteiger partial charge is 0.374 e. The molecular weight excluding hydrogens is 274 g/mol. The number of aromatic nitrogens is 1. The molecule has 1 aliphatic rings. The number of nitrogens with one attached hydrogen (secondary N) is 1. The second kappa shape index (κ2) is 6.49. The summed E-state index contributed by atoms with van der Waals surface area (Å²) in [6.45, 7) is 4.36. The first-order valence-electron chi connectivity index (χ1n) is 6.81. The van der Waals surface area contributed by atoms with Crippen molar-refractivity contribution in [3.63, 3.8) is 0 Å².